The summed E-state index contributed by atoms with van der Waals surface area (Å²) in [7, 11) is 1.59. The Kier molecular flexibility index (Phi) is 2.60. The first-order chi connectivity index (χ1) is 6.63. The molecule has 1 saturated heterocycles. The van der Waals surface area contributed by atoms with Gasteiger partial charge in [-0.15, -0.1) is 0 Å². The average molecular weight is 233 g/mol. The van der Waals surface area contributed by atoms with Gasteiger partial charge in [-0.3, -0.25) is 0 Å². The van der Waals surface area contributed by atoms with E-state index in [1.807, 2.05) is 13.0 Å². The lowest BCUT2D eigenvalue weighted by atomic mass is 10.1. The Labute approximate surface area is 92.7 Å². The second kappa shape index (κ2) is 3.61. The van der Waals surface area contributed by atoms with Crippen molar-refractivity contribution >= 4 is 23.2 Å². The fourth-order valence-electron chi connectivity index (χ4n) is 1.52. The minimum atomic E-state index is 0.0705. The molecular formula is C10H10Cl2O2. The number of halogens is 2. The van der Waals surface area contributed by atoms with Crippen LogP contribution < -0.4 is 4.74 Å². The van der Waals surface area contributed by atoms with Crippen molar-refractivity contribution in [2.75, 3.05) is 7.11 Å². The summed E-state index contributed by atoms with van der Waals surface area (Å²) in [5.74, 6) is 0.658. The number of hydrogen-bond acceptors (Lipinski definition) is 2. The van der Waals surface area contributed by atoms with E-state index in [-0.39, 0.29) is 12.2 Å². The third-order valence-electron chi connectivity index (χ3n) is 2.26. The molecule has 0 aromatic heterocycles. The highest BCUT2D eigenvalue weighted by Crippen LogP contribution is 2.46. The van der Waals surface area contributed by atoms with E-state index < -0.39 is 0 Å². The summed E-state index contributed by atoms with van der Waals surface area (Å²) in [4.78, 5) is 0. The predicted octanol–water partition coefficient (Wildman–Crippen LogP) is 3.46. The van der Waals surface area contributed by atoms with Crippen molar-refractivity contribution in [2.24, 2.45) is 0 Å². The summed E-state index contributed by atoms with van der Waals surface area (Å²) >= 11 is 11.9. The van der Waals surface area contributed by atoms with Gasteiger partial charge in [0.2, 0.25) is 0 Å². The van der Waals surface area contributed by atoms with Gasteiger partial charge < -0.3 is 9.47 Å². The smallest absolute Gasteiger partial charge is 0.143 e. The Balaban J connectivity index is 2.45. The third kappa shape index (κ3) is 1.70. The summed E-state index contributed by atoms with van der Waals surface area (Å²) in [6, 6.07) is 3.50. The topological polar surface area (TPSA) is 21.8 Å². The van der Waals surface area contributed by atoms with Crippen molar-refractivity contribution in [3.63, 3.8) is 0 Å². The SMILES string of the molecule is COc1c(Cl)cc(Cl)cc1C1OC1C. The minimum absolute atomic E-state index is 0.0705. The molecule has 2 unspecified atom stereocenters. The molecule has 1 fully saturated rings. The highest BCUT2D eigenvalue weighted by atomic mass is 35.5. The van der Waals surface area contributed by atoms with Gasteiger partial charge >= 0.3 is 0 Å². The first-order valence-corrected chi connectivity index (χ1v) is 5.07. The summed E-state index contributed by atoms with van der Waals surface area (Å²) in [5, 5.41) is 1.13. The molecule has 0 bridgehead atoms. The molecule has 1 aliphatic heterocycles. The first kappa shape index (κ1) is 10.1. The van der Waals surface area contributed by atoms with Crippen LogP contribution >= 0.6 is 23.2 Å². The monoisotopic (exact) mass is 232 g/mol. The molecule has 14 heavy (non-hydrogen) atoms. The molecule has 1 aromatic rings. The number of rotatable bonds is 2. The molecule has 0 radical (unpaired) electrons. The van der Waals surface area contributed by atoms with Gasteiger partial charge in [0.25, 0.3) is 0 Å². The number of benzene rings is 1. The molecule has 1 aliphatic rings. The van der Waals surface area contributed by atoms with E-state index in [4.69, 9.17) is 32.7 Å². The number of ether oxygens (including phenoxy) is 2. The van der Waals surface area contributed by atoms with E-state index >= 15 is 0 Å². The summed E-state index contributed by atoms with van der Waals surface area (Å²) < 4.78 is 10.6. The first-order valence-electron chi connectivity index (χ1n) is 4.32. The molecule has 2 rings (SSSR count). The van der Waals surface area contributed by atoms with Crippen LogP contribution in [0.3, 0.4) is 0 Å². The van der Waals surface area contributed by atoms with Gasteiger partial charge in [0.1, 0.15) is 11.9 Å². The molecule has 1 aromatic carbocycles. The highest BCUT2D eigenvalue weighted by molar-refractivity contribution is 6.35. The van der Waals surface area contributed by atoms with Crippen molar-refractivity contribution in [1.82, 2.24) is 0 Å². The van der Waals surface area contributed by atoms with Crippen LogP contribution in [0.2, 0.25) is 10.0 Å². The third-order valence-corrected chi connectivity index (χ3v) is 2.76. The quantitative estimate of drug-likeness (QED) is 0.729. The lowest BCUT2D eigenvalue weighted by Crippen LogP contribution is -1.93. The summed E-state index contributed by atoms with van der Waals surface area (Å²) in [5.41, 5.74) is 0.928. The van der Waals surface area contributed by atoms with Crippen molar-refractivity contribution in [3.8, 4) is 5.75 Å². The van der Waals surface area contributed by atoms with E-state index in [9.17, 15) is 0 Å². The standard InChI is InChI=1S/C10H10Cl2O2/c1-5-9(14-5)7-3-6(11)4-8(12)10(7)13-2/h3-5,9H,1-2H3. The van der Waals surface area contributed by atoms with Crippen LogP contribution in [0.15, 0.2) is 12.1 Å². The zero-order valence-corrected chi connectivity index (χ0v) is 9.39. The van der Waals surface area contributed by atoms with Crippen LogP contribution in [0, 0.1) is 0 Å². The highest BCUT2D eigenvalue weighted by Gasteiger charge is 2.38. The zero-order valence-electron chi connectivity index (χ0n) is 7.88. The van der Waals surface area contributed by atoms with Gasteiger partial charge in [-0.2, -0.15) is 0 Å². The molecule has 76 valence electrons. The van der Waals surface area contributed by atoms with Crippen LogP contribution in [-0.4, -0.2) is 13.2 Å². The predicted molar refractivity (Wildman–Crippen MR) is 56.3 cm³/mol. The number of methoxy groups -OCH3 is 1. The fraction of sp³-hybridized carbons (Fsp3) is 0.400. The van der Waals surface area contributed by atoms with Crippen molar-refractivity contribution in [2.45, 2.75) is 19.1 Å². The van der Waals surface area contributed by atoms with Crippen LogP contribution in [0.4, 0.5) is 0 Å². The Morgan fingerprint density at radius 2 is 2.00 bits per heavy atom. The van der Waals surface area contributed by atoms with Crippen LogP contribution in [0.5, 0.6) is 5.75 Å². The molecule has 2 atom stereocenters. The van der Waals surface area contributed by atoms with E-state index in [0.717, 1.165) is 5.56 Å². The minimum Gasteiger partial charge on any atom is -0.495 e. The Morgan fingerprint density at radius 1 is 1.36 bits per heavy atom. The molecule has 0 saturated carbocycles. The fourth-order valence-corrected chi connectivity index (χ4v) is 2.11. The van der Waals surface area contributed by atoms with Gasteiger partial charge in [0, 0.05) is 10.6 Å². The van der Waals surface area contributed by atoms with E-state index in [1.165, 1.54) is 0 Å². The second-order valence-corrected chi connectivity index (χ2v) is 4.12. The molecule has 1 heterocycles. The van der Waals surface area contributed by atoms with Gasteiger partial charge in [-0.1, -0.05) is 23.2 Å². The molecule has 0 spiro atoms. The Morgan fingerprint density at radius 3 is 2.50 bits per heavy atom. The Bertz CT molecular complexity index is 365. The molecule has 2 nitrogen and oxygen atoms in total. The maximum absolute atomic E-state index is 5.99. The molecular weight excluding hydrogens is 223 g/mol. The number of hydrogen-bond donors (Lipinski definition) is 0. The van der Waals surface area contributed by atoms with Crippen molar-refractivity contribution < 1.29 is 9.47 Å². The van der Waals surface area contributed by atoms with Crippen LogP contribution in [0.1, 0.15) is 18.6 Å². The molecule has 0 aliphatic carbocycles. The van der Waals surface area contributed by atoms with E-state index in [2.05, 4.69) is 0 Å². The van der Waals surface area contributed by atoms with Gasteiger partial charge in [0.05, 0.1) is 18.2 Å². The van der Waals surface area contributed by atoms with Gasteiger partial charge in [0.15, 0.2) is 0 Å². The molecule has 0 N–H and O–H groups in total. The van der Waals surface area contributed by atoms with E-state index in [1.54, 1.807) is 13.2 Å². The van der Waals surface area contributed by atoms with Gasteiger partial charge in [-0.25, -0.2) is 0 Å². The Hall–Kier alpha value is -0.440. The average Bonchev–Trinajstić information content (AvgIpc) is 2.81. The molecule has 4 heteroatoms. The normalized spacial score (nSPS) is 24.9. The maximum Gasteiger partial charge on any atom is 0.143 e. The lowest BCUT2D eigenvalue weighted by molar-refractivity contribution is 0.368. The largest absolute Gasteiger partial charge is 0.495 e. The lowest BCUT2D eigenvalue weighted by Gasteiger charge is -2.08. The summed E-state index contributed by atoms with van der Waals surface area (Å²) in [6.45, 7) is 2.00. The van der Waals surface area contributed by atoms with E-state index in [0.29, 0.717) is 15.8 Å². The molecule has 0 amide bonds. The maximum atomic E-state index is 5.99. The zero-order chi connectivity index (χ0) is 10.3. The number of epoxide rings is 1. The van der Waals surface area contributed by atoms with Crippen LogP contribution in [0.25, 0.3) is 0 Å². The summed E-state index contributed by atoms with van der Waals surface area (Å²) in [6.07, 6.45) is 0.291. The van der Waals surface area contributed by atoms with Crippen molar-refractivity contribution in [1.29, 1.82) is 0 Å². The van der Waals surface area contributed by atoms with Gasteiger partial charge in [-0.05, 0) is 19.1 Å². The van der Waals surface area contributed by atoms with Crippen molar-refractivity contribution in [3.05, 3.63) is 27.7 Å². The van der Waals surface area contributed by atoms with Crippen LogP contribution in [-0.2, 0) is 4.74 Å². The second-order valence-electron chi connectivity index (χ2n) is 3.27.